The molecular weight excluding hydrogens is 422 g/mol. The molecule has 0 aromatic heterocycles. The van der Waals surface area contributed by atoms with E-state index in [-0.39, 0.29) is 17.8 Å². The lowest BCUT2D eigenvalue weighted by molar-refractivity contribution is -0.117. The summed E-state index contributed by atoms with van der Waals surface area (Å²) in [5.74, 6) is -1.14. The highest BCUT2D eigenvalue weighted by Gasteiger charge is 2.32. The van der Waals surface area contributed by atoms with Gasteiger partial charge in [-0.05, 0) is 47.9 Å². The van der Waals surface area contributed by atoms with Gasteiger partial charge in [0.2, 0.25) is 5.91 Å². The first-order chi connectivity index (χ1) is 16.7. The van der Waals surface area contributed by atoms with Crippen LogP contribution in [-0.4, -0.2) is 18.5 Å². The van der Waals surface area contributed by atoms with E-state index < -0.39 is 5.92 Å². The molecule has 0 spiro atoms. The van der Waals surface area contributed by atoms with Crippen LogP contribution in [0.4, 0.5) is 5.69 Å². The van der Waals surface area contributed by atoms with Crippen molar-refractivity contribution in [2.24, 2.45) is 0 Å². The molecule has 0 radical (unpaired) electrons. The maximum Gasteiger partial charge on any atom is 0.338 e. The van der Waals surface area contributed by atoms with Crippen LogP contribution in [-0.2, 0) is 9.53 Å². The molecule has 0 bridgehead atoms. The molecule has 4 aromatic rings. The van der Waals surface area contributed by atoms with Crippen LogP contribution in [0.2, 0.25) is 0 Å². The summed E-state index contributed by atoms with van der Waals surface area (Å²) in [5.41, 5.74) is 4.14. The Hall–Kier alpha value is -4.18. The van der Waals surface area contributed by atoms with Crippen molar-refractivity contribution in [3.8, 4) is 0 Å². The van der Waals surface area contributed by atoms with Crippen molar-refractivity contribution in [1.82, 2.24) is 0 Å². The molecule has 0 aliphatic carbocycles. The monoisotopic (exact) mass is 449 g/mol. The Bertz CT molecular complexity index is 1170. The van der Waals surface area contributed by atoms with Gasteiger partial charge in [0.25, 0.3) is 0 Å². The van der Waals surface area contributed by atoms with E-state index in [1.807, 2.05) is 66.7 Å². The molecule has 0 saturated carbocycles. The summed E-state index contributed by atoms with van der Waals surface area (Å²) in [6.07, 6.45) is 0. The second-order valence-corrected chi connectivity index (χ2v) is 7.97. The van der Waals surface area contributed by atoms with Crippen molar-refractivity contribution in [3.05, 3.63) is 138 Å². The Morgan fingerprint density at radius 2 is 1.15 bits per heavy atom. The van der Waals surface area contributed by atoms with E-state index in [9.17, 15) is 9.59 Å². The summed E-state index contributed by atoms with van der Waals surface area (Å²) >= 11 is 0. The van der Waals surface area contributed by atoms with Gasteiger partial charge in [0.15, 0.2) is 0 Å². The van der Waals surface area contributed by atoms with E-state index in [1.54, 1.807) is 31.2 Å². The van der Waals surface area contributed by atoms with Crippen molar-refractivity contribution < 1.29 is 14.3 Å². The Kier molecular flexibility index (Phi) is 7.51. The molecule has 4 heteroatoms. The summed E-state index contributed by atoms with van der Waals surface area (Å²) in [5, 5.41) is 3.07. The molecule has 0 aliphatic heterocycles. The number of amides is 1. The predicted molar refractivity (Wildman–Crippen MR) is 135 cm³/mol. The van der Waals surface area contributed by atoms with Crippen molar-refractivity contribution >= 4 is 17.6 Å². The normalized spacial score (nSPS) is 11.6. The molecule has 4 nitrogen and oxygen atoms in total. The number of carbonyl (C=O) groups is 2. The highest BCUT2D eigenvalue weighted by atomic mass is 16.5. The van der Waals surface area contributed by atoms with Crippen molar-refractivity contribution in [1.29, 1.82) is 0 Å². The van der Waals surface area contributed by atoms with Gasteiger partial charge in [-0.3, -0.25) is 4.79 Å². The fourth-order valence-corrected chi connectivity index (χ4v) is 4.18. The number of esters is 1. The molecule has 0 fully saturated rings. The first-order valence-corrected chi connectivity index (χ1v) is 11.4. The zero-order valence-electron chi connectivity index (χ0n) is 19.1. The molecule has 34 heavy (non-hydrogen) atoms. The van der Waals surface area contributed by atoms with Crippen molar-refractivity contribution in [3.63, 3.8) is 0 Å². The first kappa shape index (κ1) is 23.0. The van der Waals surface area contributed by atoms with Crippen LogP contribution >= 0.6 is 0 Å². The molecular formula is C30H27NO3. The number of rotatable bonds is 8. The lowest BCUT2D eigenvalue weighted by atomic mass is 9.76. The summed E-state index contributed by atoms with van der Waals surface area (Å²) in [4.78, 5) is 25.8. The Balaban J connectivity index is 1.71. The van der Waals surface area contributed by atoms with E-state index in [1.165, 1.54) is 0 Å². The van der Waals surface area contributed by atoms with Gasteiger partial charge in [0, 0.05) is 11.6 Å². The SMILES string of the molecule is CCOC(=O)c1ccc(NC(=O)C(c2ccccc2)C(c2ccccc2)c2ccccc2)cc1. The van der Waals surface area contributed by atoms with Crippen molar-refractivity contribution in [2.45, 2.75) is 18.8 Å². The molecule has 170 valence electrons. The van der Waals surface area contributed by atoms with Gasteiger partial charge in [-0.15, -0.1) is 0 Å². The quantitative estimate of drug-likeness (QED) is 0.316. The Labute approximate surface area is 200 Å². The van der Waals surface area contributed by atoms with Crippen LogP contribution in [0.15, 0.2) is 115 Å². The molecule has 1 unspecified atom stereocenters. The molecule has 0 aliphatic rings. The summed E-state index contributed by atoms with van der Waals surface area (Å²) in [6.45, 7) is 2.09. The minimum absolute atomic E-state index is 0.118. The molecule has 1 N–H and O–H groups in total. The molecule has 0 heterocycles. The van der Waals surface area contributed by atoms with Gasteiger partial charge in [-0.25, -0.2) is 4.79 Å². The fraction of sp³-hybridized carbons (Fsp3) is 0.133. The summed E-state index contributed by atoms with van der Waals surface area (Å²) in [7, 11) is 0. The second kappa shape index (κ2) is 11.1. The largest absolute Gasteiger partial charge is 0.462 e. The lowest BCUT2D eigenvalue weighted by Gasteiger charge is -2.28. The van der Waals surface area contributed by atoms with Crippen molar-refractivity contribution in [2.75, 3.05) is 11.9 Å². The lowest BCUT2D eigenvalue weighted by Crippen LogP contribution is -2.27. The van der Waals surface area contributed by atoms with Gasteiger partial charge >= 0.3 is 5.97 Å². The minimum atomic E-state index is -0.462. The maximum absolute atomic E-state index is 13.8. The number of benzene rings is 4. The number of anilines is 1. The molecule has 1 atom stereocenters. The number of ether oxygens (including phenoxy) is 1. The highest BCUT2D eigenvalue weighted by Crippen LogP contribution is 2.39. The van der Waals surface area contributed by atoms with E-state index in [4.69, 9.17) is 4.74 Å². The zero-order valence-corrected chi connectivity index (χ0v) is 19.1. The standard InChI is InChI=1S/C30H27NO3/c1-2-34-30(33)25-18-20-26(21-19-25)31-29(32)28(24-16-10-5-11-17-24)27(22-12-6-3-7-13-22)23-14-8-4-9-15-23/h3-21,27-28H,2H2,1H3,(H,31,32). The van der Waals surface area contributed by atoms with Crippen LogP contribution in [0.5, 0.6) is 0 Å². The number of nitrogens with one attached hydrogen (secondary N) is 1. The number of hydrogen-bond acceptors (Lipinski definition) is 3. The summed E-state index contributed by atoms with van der Waals surface area (Å²) in [6, 6.07) is 36.8. The van der Waals surface area contributed by atoms with Gasteiger partial charge in [-0.1, -0.05) is 91.0 Å². The average Bonchev–Trinajstić information content (AvgIpc) is 2.89. The average molecular weight is 450 g/mol. The maximum atomic E-state index is 13.8. The molecule has 1 amide bonds. The summed E-state index contributed by atoms with van der Waals surface area (Å²) < 4.78 is 5.05. The number of hydrogen-bond donors (Lipinski definition) is 1. The third kappa shape index (κ3) is 5.41. The van der Waals surface area contributed by atoms with Crippen LogP contribution in [0.3, 0.4) is 0 Å². The van der Waals surface area contributed by atoms with E-state index >= 15 is 0 Å². The number of carbonyl (C=O) groups excluding carboxylic acids is 2. The van der Waals surface area contributed by atoms with Gasteiger partial charge < -0.3 is 10.1 Å². The minimum Gasteiger partial charge on any atom is -0.462 e. The van der Waals surface area contributed by atoms with Gasteiger partial charge in [-0.2, -0.15) is 0 Å². The topological polar surface area (TPSA) is 55.4 Å². The van der Waals surface area contributed by atoms with Gasteiger partial charge in [0.1, 0.15) is 0 Å². The zero-order chi connectivity index (χ0) is 23.8. The molecule has 4 rings (SSSR count). The first-order valence-electron chi connectivity index (χ1n) is 11.4. The van der Waals surface area contributed by atoms with Crippen LogP contribution in [0, 0.1) is 0 Å². The highest BCUT2D eigenvalue weighted by molar-refractivity contribution is 5.97. The fourth-order valence-electron chi connectivity index (χ4n) is 4.18. The van der Waals surface area contributed by atoms with Crippen LogP contribution in [0.25, 0.3) is 0 Å². The van der Waals surface area contributed by atoms with E-state index in [0.29, 0.717) is 17.9 Å². The predicted octanol–water partition coefficient (Wildman–Crippen LogP) is 6.42. The smallest absolute Gasteiger partial charge is 0.338 e. The van der Waals surface area contributed by atoms with Crippen LogP contribution < -0.4 is 5.32 Å². The van der Waals surface area contributed by atoms with Gasteiger partial charge in [0.05, 0.1) is 18.1 Å². The van der Waals surface area contributed by atoms with E-state index in [0.717, 1.165) is 16.7 Å². The Morgan fingerprint density at radius 1 is 0.676 bits per heavy atom. The van der Waals surface area contributed by atoms with E-state index in [2.05, 4.69) is 29.6 Å². The third-order valence-electron chi connectivity index (χ3n) is 5.76. The Morgan fingerprint density at radius 3 is 1.62 bits per heavy atom. The van der Waals surface area contributed by atoms with Crippen LogP contribution in [0.1, 0.15) is 45.8 Å². The molecule has 0 saturated heterocycles. The third-order valence-corrected chi connectivity index (χ3v) is 5.76. The molecule has 4 aromatic carbocycles. The second-order valence-electron chi connectivity index (χ2n) is 7.97.